The number of nitrogens with zero attached hydrogens (tertiary/aromatic N) is 2. The van der Waals surface area contributed by atoms with Crippen LogP contribution in [0.4, 0.5) is 11.4 Å². The van der Waals surface area contributed by atoms with E-state index in [2.05, 4.69) is 5.32 Å². The van der Waals surface area contributed by atoms with Gasteiger partial charge in [0.05, 0.1) is 22.9 Å². The Labute approximate surface area is 183 Å². The Kier molecular flexibility index (Phi) is 7.43. The lowest BCUT2D eigenvalue weighted by Gasteiger charge is -2.31. The van der Waals surface area contributed by atoms with Gasteiger partial charge in [0.1, 0.15) is 6.04 Å². The molecule has 0 aliphatic carbocycles. The van der Waals surface area contributed by atoms with Crippen LogP contribution in [0.5, 0.6) is 0 Å². The molecular weight excluding hydrogens is 418 g/mol. The van der Waals surface area contributed by atoms with Crippen molar-refractivity contribution in [3.8, 4) is 0 Å². The number of anilines is 1. The Hall–Kier alpha value is -2.94. The number of carbonyl (C=O) groups is 1. The van der Waals surface area contributed by atoms with Gasteiger partial charge in [-0.2, -0.15) is 0 Å². The van der Waals surface area contributed by atoms with E-state index in [0.717, 1.165) is 27.3 Å². The van der Waals surface area contributed by atoms with Crippen molar-refractivity contribution >= 4 is 27.3 Å². The van der Waals surface area contributed by atoms with Crippen molar-refractivity contribution in [2.24, 2.45) is 0 Å². The number of benzene rings is 2. The minimum atomic E-state index is -3.90. The Bertz CT molecular complexity index is 1100. The first kappa shape index (κ1) is 24.3. The van der Waals surface area contributed by atoms with Crippen LogP contribution in [-0.4, -0.2) is 31.5 Å². The third-order valence-corrected chi connectivity index (χ3v) is 6.48. The second-order valence-corrected chi connectivity index (χ2v) is 9.65. The van der Waals surface area contributed by atoms with Gasteiger partial charge in [-0.15, -0.1) is 0 Å². The predicted octanol–water partition coefficient (Wildman–Crippen LogP) is 3.94. The van der Waals surface area contributed by atoms with E-state index in [1.54, 1.807) is 6.92 Å². The predicted molar refractivity (Wildman–Crippen MR) is 122 cm³/mol. The summed E-state index contributed by atoms with van der Waals surface area (Å²) in [5.74, 6) is -0.483. The number of nitro groups is 1. The lowest BCUT2D eigenvalue weighted by Crippen LogP contribution is -2.49. The maximum absolute atomic E-state index is 13.1. The van der Waals surface area contributed by atoms with Gasteiger partial charge in [0.2, 0.25) is 15.9 Å². The summed E-state index contributed by atoms with van der Waals surface area (Å²) >= 11 is 0. The minimum absolute atomic E-state index is 0.110. The number of hydrogen-bond acceptors (Lipinski definition) is 5. The molecule has 0 aliphatic heterocycles. The van der Waals surface area contributed by atoms with Crippen LogP contribution >= 0.6 is 0 Å². The van der Waals surface area contributed by atoms with Crippen LogP contribution in [0.25, 0.3) is 0 Å². The highest BCUT2D eigenvalue weighted by molar-refractivity contribution is 7.92. The highest BCUT2D eigenvalue weighted by atomic mass is 32.2. The molecule has 1 amide bonds. The lowest BCUT2D eigenvalue weighted by atomic mass is 9.97. The summed E-state index contributed by atoms with van der Waals surface area (Å²) in [5, 5.41) is 14.1. The smallest absolute Gasteiger partial charge is 0.271 e. The minimum Gasteiger partial charge on any atom is -0.347 e. The number of rotatable bonds is 8. The summed E-state index contributed by atoms with van der Waals surface area (Å²) in [7, 11) is -3.90. The van der Waals surface area contributed by atoms with Crippen LogP contribution in [0.15, 0.2) is 36.4 Å². The van der Waals surface area contributed by atoms with Crippen molar-refractivity contribution in [3.63, 3.8) is 0 Å². The zero-order chi connectivity index (χ0) is 23.5. The molecule has 0 saturated carbocycles. The van der Waals surface area contributed by atoms with Crippen molar-refractivity contribution in [2.75, 3.05) is 10.6 Å². The molecule has 2 aromatic rings. The Morgan fingerprint density at radius 3 is 2.29 bits per heavy atom. The molecule has 9 heteroatoms. The zero-order valence-electron chi connectivity index (χ0n) is 18.7. The average Bonchev–Trinajstić information content (AvgIpc) is 2.66. The molecule has 8 nitrogen and oxygen atoms in total. The Morgan fingerprint density at radius 1 is 1.13 bits per heavy atom. The first-order chi connectivity index (χ1) is 14.4. The highest BCUT2D eigenvalue weighted by Gasteiger charge is 2.32. The van der Waals surface area contributed by atoms with E-state index >= 15 is 0 Å². The molecule has 0 fully saturated rings. The summed E-state index contributed by atoms with van der Waals surface area (Å²) in [6.07, 6.45) is 1.60. The summed E-state index contributed by atoms with van der Waals surface area (Å²) < 4.78 is 26.2. The maximum atomic E-state index is 13.1. The molecule has 0 heterocycles. The van der Waals surface area contributed by atoms with E-state index in [4.69, 9.17) is 0 Å². The second kappa shape index (κ2) is 9.47. The van der Waals surface area contributed by atoms with Crippen LogP contribution in [0, 0.1) is 30.9 Å². The largest absolute Gasteiger partial charge is 0.347 e. The van der Waals surface area contributed by atoms with Gasteiger partial charge in [-0.25, -0.2) is 8.42 Å². The van der Waals surface area contributed by atoms with E-state index in [1.165, 1.54) is 25.1 Å². The van der Waals surface area contributed by atoms with Gasteiger partial charge in [-0.3, -0.25) is 19.2 Å². The molecule has 1 N–H and O–H groups in total. The molecule has 0 saturated heterocycles. The molecule has 0 aromatic heterocycles. The fourth-order valence-electron chi connectivity index (χ4n) is 3.64. The number of carbonyl (C=O) groups excluding carboxylic acids is 1. The van der Waals surface area contributed by atoms with Gasteiger partial charge in [0.15, 0.2) is 0 Å². The van der Waals surface area contributed by atoms with Crippen molar-refractivity contribution in [3.05, 3.63) is 68.8 Å². The lowest BCUT2D eigenvalue weighted by molar-refractivity contribution is -0.384. The second-order valence-electron chi connectivity index (χ2n) is 7.79. The number of nitrogens with one attached hydrogen (secondary N) is 1. The summed E-state index contributed by atoms with van der Waals surface area (Å²) in [6.45, 7) is 9.02. The molecule has 0 aliphatic rings. The molecule has 0 spiro atoms. The molecule has 2 atom stereocenters. The van der Waals surface area contributed by atoms with Crippen LogP contribution in [0.2, 0.25) is 0 Å². The number of hydrogen-bond donors (Lipinski definition) is 1. The normalized spacial score (nSPS) is 13.4. The quantitative estimate of drug-likeness (QED) is 0.487. The van der Waals surface area contributed by atoms with Crippen LogP contribution in [0.3, 0.4) is 0 Å². The van der Waals surface area contributed by atoms with Crippen LogP contribution in [0.1, 0.15) is 48.6 Å². The molecule has 2 unspecified atom stereocenters. The third kappa shape index (κ3) is 5.61. The number of sulfonamides is 1. The van der Waals surface area contributed by atoms with Gasteiger partial charge in [-0.1, -0.05) is 36.8 Å². The van der Waals surface area contributed by atoms with Crippen molar-refractivity contribution in [1.29, 1.82) is 0 Å². The Balaban J connectivity index is 2.42. The van der Waals surface area contributed by atoms with Gasteiger partial charge in [0.25, 0.3) is 5.69 Å². The standard InChI is InChI=1S/C22H29N3O5S/c1-7-20(19-11-8-14(2)12-16(19)4)23-22(26)17(5)24(31(6,29)30)21-13-18(25(27)28)10-9-15(21)3/h8-13,17,20H,7H2,1-6H3,(H,23,26). The summed E-state index contributed by atoms with van der Waals surface area (Å²) in [6, 6.07) is 8.53. The van der Waals surface area contributed by atoms with E-state index in [1.807, 2.05) is 39.0 Å². The van der Waals surface area contributed by atoms with E-state index in [-0.39, 0.29) is 17.4 Å². The fourth-order valence-corrected chi connectivity index (χ4v) is 4.86. The number of amides is 1. The van der Waals surface area contributed by atoms with E-state index in [0.29, 0.717) is 12.0 Å². The monoisotopic (exact) mass is 447 g/mol. The topological polar surface area (TPSA) is 110 Å². The molecular formula is C22H29N3O5S. The fraction of sp³-hybridized carbons (Fsp3) is 0.409. The number of nitro benzene ring substituents is 1. The van der Waals surface area contributed by atoms with Gasteiger partial charge in [0, 0.05) is 12.1 Å². The zero-order valence-corrected chi connectivity index (χ0v) is 19.5. The highest BCUT2D eigenvalue weighted by Crippen LogP contribution is 2.30. The van der Waals surface area contributed by atoms with E-state index in [9.17, 15) is 23.3 Å². The first-order valence-electron chi connectivity index (χ1n) is 9.98. The number of aryl methyl sites for hydroxylation is 3. The van der Waals surface area contributed by atoms with Crippen LogP contribution < -0.4 is 9.62 Å². The van der Waals surface area contributed by atoms with E-state index < -0.39 is 26.9 Å². The van der Waals surface area contributed by atoms with Crippen molar-refractivity contribution < 1.29 is 18.1 Å². The summed E-state index contributed by atoms with van der Waals surface area (Å²) in [5.41, 5.74) is 3.49. The molecule has 2 aromatic carbocycles. The summed E-state index contributed by atoms with van der Waals surface area (Å²) in [4.78, 5) is 23.7. The van der Waals surface area contributed by atoms with Gasteiger partial charge >= 0.3 is 0 Å². The van der Waals surface area contributed by atoms with Gasteiger partial charge in [-0.05, 0) is 50.8 Å². The first-order valence-corrected chi connectivity index (χ1v) is 11.8. The molecule has 31 heavy (non-hydrogen) atoms. The maximum Gasteiger partial charge on any atom is 0.271 e. The van der Waals surface area contributed by atoms with Crippen LogP contribution in [-0.2, 0) is 14.8 Å². The molecule has 168 valence electrons. The van der Waals surface area contributed by atoms with Gasteiger partial charge < -0.3 is 5.32 Å². The average molecular weight is 448 g/mol. The van der Waals surface area contributed by atoms with Crippen molar-refractivity contribution in [1.82, 2.24) is 5.32 Å². The number of non-ortho nitro benzene ring substituents is 1. The molecule has 0 bridgehead atoms. The Morgan fingerprint density at radius 2 is 1.77 bits per heavy atom. The van der Waals surface area contributed by atoms with Crippen molar-refractivity contribution in [2.45, 2.75) is 53.1 Å². The third-order valence-electron chi connectivity index (χ3n) is 5.25. The molecule has 2 rings (SSSR count). The molecule has 0 radical (unpaired) electrons. The SMILES string of the molecule is CCC(NC(=O)C(C)N(c1cc([N+](=O)[O-])ccc1C)S(C)(=O)=O)c1ccc(C)cc1C.